The molecule has 3 N–H and O–H groups in total. The minimum atomic E-state index is -1.58. The van der Waals surface area contributed by atoms with Gasteiger partial charge in [-0.2, -0.15) is 0 Å². The van der Waals surface area contributed by atoms with E-state index in [0.29, 0.717) is 9.88 Å². The number of amides is 3. The van der Waals surface area contributed by atoms with E-state index in [1.165, 1.54) is 34.4 Å². The number of halogens is 1. The number of hydrogen-bond donors (Lipinski definition) is 3. The number of hydrogen-bond acceptors (Lipinski definition) is 11. The summed E-state index contributed by atoms with van der Waals surface area (Å²) in [4.78, 5) is 69.8. The molecule has 0 spiro atoms. The molecule has 4 unspecified atom stereocenters. The number of ketones is 1. The van der Waals surface area contributed by atoms with Gasteiger partial charge in [0.1, 0.15) is 23.6 Å². The number of methoxy groups -OCH3 is 3. The Hall–Kier alpha value is -2.99. The number of nitrogens with one attached hydrogen (secondary N) is 3. The molecule has 0 radical (unpaired) electrons. The highest BCUT2D eigenvalue weighted by Crippen LogP contribution is 2.20. The van der Waals surface area contributed by atoms with E-state index in [1.54, 1.807) is 31.2 Å². The Kier molecular flexibility index (Phi) is 15.1. The van der Waals surface area contributed by atoms with Crippen LogP contribution in [0.3, 0.4) is 0 Å². The van der Waals surface area contributed by atoms with Gasteiger partial charge in [0, 0.05) is 25.8 Å². The average molecular weight is 733 g/mol. The van der Waals surface area contributed by atoms with E-state index in [0.717, 1.165) is 16.9 Å². The molecule has 2 aromatic rings. The molecule has 0 saturated carbocycles. The second-order valence-electron chi connectivity index (χ2n) is 9.63. The fraction of sp³-hybridized carbons (Fsp3) is 0.500. The summed E-state index contributed by atoms with van der Waals surface area (Å²) in [6, 6.07) is 5.47. The van der Waals surface area contributed by atoms with Crippen molar-refractivity contribution in [2.45, 2.75) is 44.0 Å². The standard InChI is InChI=1S/C28H37IN4O9S/c1-17-30-12-22(43-17)27(38)33-21(14-40-4)26(37)32-20(13-39-3)25(36)31-19(11-18-9-7-6-8-10-18)24(35)28(2,16-29)42-23(34)15-41-5/h6-10,12,19-21H,11,13-16H2,1-5H3,(H,31,36)(H,32,37)(H,33,38). The summed E-state index contributed by atoms with van der Waals surface area (Å²) >= 11 is 3.10. The first-order valence-electron chi connectivity index (χ1n) is 13.1. The van der Waals surface area contributed by atoms with Gasteiger partial charge in [0.05, 0.1) is 30.5 Å². The molecular formula is C28H37IN4O9S. The number of aromatic nitrogens is 1. The van der Waals surface area contributed by atoms with Gasteiger partial charge in [-0.25, -0.2) is 9.78 Å². The Morgan fingerprint density at radius 3 is 2.00 bits per heavy atom. The summed E-state index contributed by atoms with van der Waals surface area (Å²) < 4.78 is 20.7. The Morgan fingerprint density at radius 2 is 1.49 bits per heavy atom. The average Bonchev–Trinajstić information content (AvgIpc) is 3.42. The van der Waals surface area contributed by atoms with Crippen molar-refractivity contribution >= 4 is 63.4 Å². The minimum Gasteiger partial charge on any atom is -0.449 e. The lowest BCUT2D eigenvalue weighted by Crippen LogP contribution is -2.60. The number of benzene rings is 1. The van der Waals surface area contributed by atoms with Gasteiger partial charge in [-0.3, -0.25) is 19.2 Å². The number of carbonyl (C=O) groups excluding carboxylic acids is 5. The number of rotatable bonds is 18. The highest BCUT2D eigenvalue weighted by Gasteiger charge is 2.42. The maximum atomic E-state index is 13.8. The molecule has 236 valence electrons. The molecule has 4 atom stereocenters. The van der Waals surface area contributed by atoms with Gasteiger partial charge in [0.2, 0.25) is 11.8 Å². The molecule has 0 aliphatic heterocycles. The molecule has 0 saturated heterocycles. The predicted octanol–water partition coefficient (Wildman–Crippen LogP) is 1.01. The lowest BCUT2D eigenvalue weighted by Gasteiger charge is -2.31. The summed E-state index contributed by atoms with van der Waals surface area (Å²) in [6.45, 7) is 2.46. The molecule has 15 heteroatoms. The highest BCUT2D eigenvalue weighted by molar-refractivity contribution is 14.1. The fourth-order valence-electron chi connectivity index (χ4n) is 3.91. The third-order valence-electron chi connectivity index (χ3n) is 6.06. The SMILES string of the molecule is COCC(=O)OC(C)(CI)C(=O)C(Cc1ccccc1)NC(=O)C(COC)NC(=O)C(COC)NC(=O)c1cnc(C)s1. The molecule has 1 aromatic carbocycles. The van der Waals surface area contributed by atoms with Crippen LogP contribution in [-0.2, 0) is 44.5 Å². The van der Waals surface area contributed by atoms with Gasteiger partial charge in [0.15, 0.2) is 11.4 Å². The van der Waals surface area contributed by atoms with E-state index in [1.807, 2.05) is 28.7 Å². The van der Waals surface area contributed by atoms with Crippen molar-refractivity contribution in [3.63, 3.8) is 0 Å². The zero-order valence-electron chi connectivity index (χ0n) is 24.6. The smallest absolute Gasteiger partial charge is 0.333 e. The van der Waals surface area contributed by atoms with Crippen molar-refractivity contribution in [1.82, 2.24) is 20.9 Å². The molecule has 3 amide bonds. The maximum Gasteiger partial charge on any atom is 0.333 e. The van der Waals surface area contributed by atoms with E-state index in [2.05, 4.69) is 20.9 Å². The van der Waals surface area contributed by atoms with Crippen LogP contribution in [0, 0.1) is 6.92 Å². The lowest BCUT2D eigenvalue weighted by molar-refractivity contribution is -0.167. The number of ether oxygens (including phenoxy) is 4. The highest BCUT2D eigenvalue weighted by atomic mass is 127. The van der Waals surface area contributed by atoms with Crippen molar-refractivity contribution in [1.29, 1.82) is 0 Å². The molecule has 43 heavy (non-hydrogen) atoms. The number of nitrogens with zero attached hydrogens (tertiary/aromatic N) is 1. The summed E-state index contributed by atoms with van der Waals surface area (Å²) in [5, 5.41) is 8.56. The van der Waals surface area contributed by atoms with Crippen molar-refractivity contribution in [3.8, 4) is 0 Å². The molecule has 0 aliphatic rings. The van der Waals surface area contributed by atoms with Crippen molar-refractivity contribution in [2.24, 2.45) is 0 Å². The summed E-state index contributed by atoms with van der Waals surface area (Å²) in [5.41, 5.74) is -0.833. The first-order valence-corrected chi connectivity index (χ1v) is 15.5. The first-order chi connectivity index (χ1) is 20.5. The van der Waals surface area contributed by atoms with Crippen LogP contribution in [0.1, 0.15) is 27.2 Å². The Balaban J connectivity index is 2.27. The van der Waals surface area contributed by atoms with Gasteiger partial charge in [-0.15, -0.1) is 11.3 Å². The maximum absolute atomic E-state index is 13.8. The number of aryl methyl sites for hydroxylation is 1. The second kappa shape index (κ2) is 18.0. The van der Waals surface area contributed by atoms with Gasteiger partial charge < -0.3 is 34.9 Å². The van der Waals surface area contributed by atoms with Crippen molar-refractivity contribution in [2.75, 3.05) is 45.6 Å². The van der Waals surface area contributed by atoms with E-state index in [9.17, 15) is 24.0 Å². The van der Waals surface area contributed by atoms with Crippen molar-refractivity contribution in [3.05, 3.63) is 52.0 Å². The van der Waals surface area contributed by atoms with Gasteiger partial charge in [0.25, 0.3) is 5.91 Å². The van der Waals surface area contributed by atoms with Crippen LogP contribution < -0.4 is 16.0 Å². The molecule has 0 fully saturated rings. The monoisotopic (exact) mass is 732 g/mol. The molecule has 1 heterocycles. The molecule has 1 aromatic heterocycles. The minimum absolute atomic E-state index is 0.0870. The van der Waals surface area contributed by atoms with Crippen LogP contribution in [-0.4, -0.2) is 104 Å². The summed E-state index contributed by atoms with van der Waals surface area (Å²) in [6.07, 6.45) is 1.49. The van der Waals surface area contributed by atoms with E-state index in [4.69, 9.17) is 18.9 Å². The van der Waals surface area contributed by atoms with Gasteiger partial charge in [-0.1, -0.05) is 52.9 Å². The normalized spacial score (nSPS) is 14.5. The van der Waals surface area contributed by atoms with Crippen LogP contribution in [0.2, 0.25) is 0 Å². The number of esters is 1. The van der Waals surface area contributed by atoms with Crippen LogP contribution in [0.4, 0.5) is 0 Å². The molecule has 0 bridgehead atoms. The zero-order valence-corrected chi connectivity index (χ0v) is 27.6. The quantitative estimate of drug-likeness (QED) is 0.114. The molecule has 2 rings (SSSR count). The van der Waals surface area contributed by atoms with Crippen LogP contribution in [0.5, 0.6) is 0 Å². The fourth-order valence-corrected chi connectivity index (χ4v) is 5.12. The first kappa shape index (κ1) is 36.2. The lowest BCUT2D eigenvalue weighted by atomic mass is 9.92. The topological polar surface area (TPSA) is 171 Å². The Morgan fingerprint density at radius 1 is 0.907 bits per heavy atom. The molecule has 0 aliphatic carbocycles. The zero-order chi connectivity index (χ0) is 32.0. The number of Topliss-reactive ketones (excluding diaryl/α,β-unsaturated/α-hetero) is 1. The predicted molar refractivity (Wildman–Crippen MR) is 166 cm³/mol. The number of thiazole rings is 1. The van der Waals surface area contributed by atoms with Crippen LogP contribution in [0.25, 0.3) is 0 Å². The van der Waals surface area contributed by atoms with Crippen LogP contribution in [0.15, 0.2) is 36.5 Å². The Labute approximate surface area is 267 Å². The number of alkyl halides is 1. The van der Waals surface area contributed by atoms with Crippen molar-refractivity contribution < 1.29 is 42.9 Å². The summed E-state index contributed by atoms with van der Waals surface area (Å²) in [5.74, 6) is -3.22. The largest absolute Gasteiger partial charge is 0.449 e. The molecule has 13 nitrogen and oxygen atoms in total. The summed E-state index contributed by atoms with van der Waals surface area (Å²) in [7, 11) is 4.05. The molecular weight excluding hydrogens is 695 g/mol. The number of carbonyl (C=O) groups is 5. The van der Waals surface area contributed by atoms with Gasteiger partial charge >= 0.3 is 5.97 Å². The van der Waals surface area contributed by atoms with Crippen LogP contribution >= 0.6 is 33.9 Å². The van der Waals surface area contributed by atoms with E-state index < -0.39 is 53.2 Å². The third kappa shape index (κ3) is 11.2. The van der Waals surface area contributed by atoms with E-state index >= 15 is 0 Å². The van der Waals surface area contributed by atoms with E-state index in [-0.39, 0.29) is 30.7 Å². The Bertz CT molecular complexity index is 1250. The third-order valence-corrected chi connectivity index (χ3v) is 8.43. The van der Waals surface area contributed by atoms with Gasteiger partial charge in [-0.05, 0) is 25.8 Å². The second-order valence-corrected chi connectivity index (χ2v) is 11.6.